The maximum absolute atomic E-state index is 12.9. The quantitative estimate of drug-likeness (QED) is 0.579. The van der Waals surface area contributed by atoms with Crippen LogP contribution in [0.3, 0.4) is 0 Å². The highest BCUT2D eigenvalue weighted by Crippen LogP contribution is 2.34. The van der Waals surface area contributed by atoms with E-state index in [0.717, 1.165) is 19.4 Å². The van der Waals surface area contributed by atoms with E-state index in [4.69, 9.17) is 4.74 Å². The van der Waals surface area contributed by atoms with E-state index in [9.17, 15) is 9.59 Å². The number of hydrogen-bond acceptors (Lipinski definition) is 5. The molecule has 7 nitrogen and oxygen atoms in total. The van der Waals surface area contributed by atoms with E-state index in [1.54, 1.807) is 25.4 Å². The Bertz CT molecular complexity index is 861. The summed E-state index contributed by atoms with van der Waals surface area (Å²) in [6, 6.07) is 10.4. The molecule has 2 aromatic rings. The molecule has 1 aliphatic rings. The molecule has 1 aromatic carbocycles. The maximum Gasteiger partial charge on any atom is 0.251 e. The molecule has 1 unspecified atom stereocenters. The molecule has 0 radical (unpaired) electrons. The van der Waals surface area contributed by atoms with E-state index >= 15 is 0 Å². The van der Waals surface area contributed by atoms with Crippen LogP contribution in [0.4, 0.5) is 5.69 Å². The topological polar surface area (TPSA) is 83.6 Å². The molecule has 1 saturated carbocycles. The number of amides is 2. The summed E-state index contributed by atoms with van der Waals surface area (Å²) in [5.41, 5.74) is 2.31. The van der Waals surface area contributed by atoms with Gasteiger partial charge in [0.1, 0.15) is 6.04 Å². The van der Waals surface area contributed by atoms with Gasteiger partial charge >= 0.3 is 0 Å². The van der Waals surface area contributed by atoms with E-state index < -0.39 is 6.04 Å². The first-order valence-corrected chi connectivity index (χ1v) is 10.8. The molecule has 1 atom stereocenters. The van der Waals surface area contributed by atoms with E-state index in [1.165, 1.54) is 18.4 Å². The van der Waals surface area contributed by atoms with Gasteiger partial charge in [0.15, 0.2) is 0 Å². The molecule has 0 aliphatic heterocycles. The fourth-order valence-corrected chi connectivity index (χ4v) is 3.30. The summed E-state index contributed by atoms with van der Waals surface area (Å²) in [5.74, 6) is 0.683. The molecule has 2 N–H and O–H groups in total. The van der Waals surface area contributed by atoms with E-state index in [2.05, 4.69) is 20.5 Å². The molecular weight excluding hydrogens is 392 g/mol. The Morgan fingerprint density at radius 3 is 2.48 bits per heavy atom. The van der Waals surface area contributed by atoms with Crippen LogP contribution in [-0.2, 0) is 11.2 Å². The molecule has 31 heavy (non-hydrogen) atoms. The molecule has 1 aromatic heterocycles. The van der Waals surface area contributed by atoms with Gasteiger partial charge in [0, 0.05) is 18.2 Å². The van der Waals surface area contributed by atoms with Crippen molar-refractivity contribution < 1.29 is 14.3 Å². The molecule has 3 rings (SSSR count). The van der Waals surface area contributed by atoms with Crippen molar-refractivity contribution in [3.63, 3.8) is 0 Å². The van der Waals surface area contributed by atoms with Crippen molar-refractivity contribution in [3.8, 4) is 5.88 Å². The van der Waals surface area contributed by atoms with Crippen LogP contribution in [0.5, 0.6) is 5.88 Å². The van der Waals surface area contributed by atoms with Crippen LogP contribution >= 0.6 is 0 Å². The largest absolute Gasteiger partial charge is 0.481 e. The average Bonchev–Trinajstić information content (AvgIpc) is 3.60. The first-order chi connectivity index (χ1) is 14.9. The number of rotatable bonds is 11. The molecule has 2 amide bonds. The number of likely N-dealkylation sites (N-methyl/N-ethyl adjacent to an activating group) is 1. The Hall–Kier alpha value is -2.93. The van der Waals surface area contributed by atoms with Gasteiger partial charge in [-0.15, -0.1) is 0 Å². The first kappa shape index (κ1) is 22.7. The van der Waals surface area contributed by atoms with Gasteiger partial charge in [0.2, 0.25) is 11.8 Å². The third kappa shape index (κ3) is 7.36. The Balaban J connectivity index is 1.61. The minimum atomic E-state index is -0.594. The molecule has 1 heterocycles. The highest BCUT2D eigenvalue weighted by atomic mass is 16.5. The fourth-order valence-electron chi connectivity index (χ4n) is 3.30. The van der Waals surface area contributed by atoms with Crippen molar-refractivity contribution in [2.24, 2.45) is 5.92 Å². The van der Waals surface area contributed by atoms with Crippen LogP contribution in [0.25, 0.3) is 0 Å². The fraction of sp³-hybridized carbons (Fsp3) is 0.458. The van der Waals surface area contributed by atoms with Gasteiger partial charge in [-0.2, -0.15) is 0 Å². The number of anilines is 1. The predicted octanol–water partition coefficient (Wildman–Crippen LogP) is 3.12. The third-order valence-electron chi connectivity index (χ3n) is 5.46. The Labute approximate surface area is 184 Å². The van der Waals surface area contributed by atoms with Gasteiger partial charge < -0.3 is 20.3 Å². The molecule has 166 valence electrons. The SMILES string of the molecule is COc1ccc(NC(=O)C(CCC2CC2)NC(=O)c2ccc(CCN(C)C)cc2)cn1. The van der Waals surface area contributed by atoms with Gasteiger partial charge in [0.05, 0.1) is 19.0 Å². The highest BCUT2D eigenvalue weighted by Gasteiger charge is 2.27. The lowest BCUT2D eigenvalue weighted by atomic mass is 10.1. The van der Waals surface area contributed by atoms with Crippen LogP contribution in [0.15, 0.2) is 42.6 Å². The molecule has 0 spiro atoms. The molecule has 1 fully saturated rings. The number of hydrogen-bond donors (Lipinski definition) is 2. The Kier molecular flexibility index (Phi) is 8.00. The summed E-state index contributed by atoms with van der Waals surface area (Å²) < 4.78 is 5.05. The number of methoxy groups -OCH3 is 1. The number of ether oxygens (including phenoxy) is 1. The van der Waals surface area contributed by atoms with Gasteiger partial charge in [-0.25, -0.2) is 4.98 Å². The van der Waals surface area contributed by atoms with Crippen molar-refractivity contribution in [2.75, 3.05) is 33.1 Å². The normalized spacial score (nSPS) is 14.2. The van der Waals surface area contributed by atoms with Crippen molar-refractivity contribution >= 4 is 17.5 Å². The van der Waals surface area contributed by atoms with Crippen LogP contribution in [-0.4, -0.2) is 55.5 Å². The van der Waals surface area contributed by atoms with E-state index in [-0.39, 0.29) is 11.8 Å². The second kappa shape index (κ2) is 10.9. The first-order valence-electron chi connectivity index (χ1n) is 10.8. The lowest BCUT2D eigenvalue weighted by Gasteiger charge is -2.19. The monoisotopic (exact) mass is 424 g/mol. The summed E-state index contributed by atoms with van der Waals surface area (Å²) in [7, 11) is 5.62. The van der Waals surface area contributed by atoms with Gasteiger partial charge in [-0.05, 0) is 63.0 Å². The van der Waals surface area contributed by atoms with Gasteiger partial charge in [-0.3, -0.25) is 9.59 Å². The smallest absolute Gasteiger partial charge is 0.251 e. The molecule has 0 bridgehead atoms. The zero-order valence-electron chi connectivity index (χ0n) is 18.6. The summed E-state index contributed by atoms with van der Waals surface area (Å²) in [6.07, 6.45) is 6.44. The lowest BCUT2D eigenvalue weighted by Crippen LogP contribution is -2.43. The van der Waals surface area contributed by atoms with Crippen molar-refractivity contribution in [1.29, 1.82) is 0 Å². The number of nitrogens with zero attached hydrogens (tertiary/aromatic N) is 2. The number of benzene rings is 1. The second-order valence-corrected chi connectivity index (χ2v) is 8.38. The van der Waals surface area contributed by atoms with E-state index in [0.29, 0.717) is 29.5 Å². The van der Waals surface area contributed by atoms with Crippen molar-refractivity contribution in [1.82, 2.24) is 15.2 Å². The van der Waals surface area contributed by atoms with Crippen LogP contribution in [0.1, 0.15) is 41.6 Å². The predicted molar refractivity (Wildman–Crippen MR) is 121 cm³/mol. The highest BCUT2D eigenvalue weighted by molar-refractivity contribution is 6.01. The summed E-state index contributed by atoms with van der Waals surface area (Å²) in [4.78, 5) is 31.9. The van der Waals surface area contributed by atoms with Crippen molar-refractivity contribution in [3.05, 3.63) is 53.7 Å². The van der Waals surface area contributed by atoms with Crippen LogP contribution < -0.4 is 15.4 Å². The number of carbonyl (C=O) groups excluding carboxylic acids is 2. The third-order valence-corrected chi connectivity index (χ3v) is 5.46. The Morgan fingerprint density at radius 2 is 1.90 bits per heavy atom. The molecule has 7 heteroatoms. The van der Waals surface area contributed by atoms with Gasteiger partial charge in [0.25, 0.3) is 5.91 Å². The minimum absolute atomic E-state index is 0.233. The van der Waals surface area contributed by atoms with Crippen LogP contribution in [0.2, 0.25) is 0 Å². The summed E-state index contributed by atoms with van der Waals surface area (Å²) in [5, 5.41) is 5.78. The number of carbonyl (C=O) groups is 2. The minimum Gasteiger partial charge on any atom is -0.481 e. The average molecular weight is 425 g/mol. The van der Waals surface area contributed by atoms with Crippen LogP contribution in [0, 0.1) is 5.92 Å². The summed E-state index contributed by atoms with van der Waals surface area (Å²) >= 11 is 0. The van der Waals surface area contributed by atoms with Crippen molar-refractivity contribution in [2.45, 2.75) is 38.1 Å². The zero-order chi connectivity index (χ0) is 22.2. The lowest BCUT2D eigenvalue weighted by molar-refractivity contribution is -0.118. The summed E-state index contributed by atoms with van der Waals surface area (Å²) in [6.45, 7) is 0.954. The maximum atomic E-state index is 12.9. The number of aromatic nitrogens is 1. The van der Waals surface area contributed by atoms with E-state index in [1.807, 2.05) is 38.4 Å². The molecule has 0 saturated heterocycles. The standard InChI is InChI=1S/C24H32N4O3/c1-28(2)15-14-18-6-9-19(10-7-18)23(29)27-21(12-8-17-4-5-17)24(30)26-20-11-13-22(31-3)25-16-20/h6-7,9-11,13,16-17,21H,4-5,8,12,14-15H2,1-3H3,(H,26,30)(H,27,29). The second-order valence-electron chi connectivity index (χ2n) is 8.38. The Morgan fingerprint density at radius 1 is 1.16 bits per heavy atom. The molecular formula is C24H32N4O3. The van der Waals surface area contributed by atoms with Gasteiger partial charge in [-0.1, -0.05) is 25.0 Å². The zero-order valence-corrected chi connectivity index (χ0v) is 18.6. The number of pyridine rings is 1. The number of nitrogens with one attached hydrogen (secondary N) is 2. The molecule has 1 aliphatic carbocycles.